The molecule has 2 aliphatic heterocycles. The minimum absolute atomic E-state index is 0.0157. The minimum atomic E-state index is 0.0157. The maximum absolute atomic E-state index is 6.30. The van der Waals surface area contributed by atoms with Crippen LogP contribution < -0.4 is 5.32 Å². The first kappa shape index (κ1) is 23.3. The van der Waals surface area contributed by atoms with Gasteiger partial charge in [-0.2, -0.15) is 0 Å². The zero-order chi connectivity index (χ0) is 21.2. The van der Waals surface area contributed by atoms with Gasteiger partial charge in [0.2, 0.25) is 0 Å². The molecule has 0 unspecified atom stereocenters. The van der Waals surface area contributed by atoms with Crippen molar-refractivity contribution in [1.29, 1.82) is 0 Å². The van der Waals surface area contributed by atoms with Gasteiger partial charge in [-0.3, -0.25) is 4.99 Å². The number of nitrogens with one attached hydrogen (secondary N) is 1. The first-order valence-electron chi connectivity index (χ1n) is 11.1. The van der Waals surface area contributed by atoms with E-state index < -0.39 is 0 Å². The summed E-state index contributed by atoms with van der Waals surface area (Å²) < 4.78 is 16.7. The molecule has 0 saturated carbocycles. The highest BCUT2D eigenvalue weighted by atomic mass is 35.5. The predicted molar refractivity (Wildman–Crippen MR) is 122 cm³/mol. The molecule has 1 aromatic rings. The number of piperidine rings is 1. The fraction of sp³-hybridized carbons (Fsp3) is 0.696. The van der Waals surface area contributed by atoms with E-state index in [0.29, 0.717) is 6.10 Å². The Labute approximate surface area is 185 Å². The van der Waals surface area contributed by atoms with Crippen LogP contribution in [0.2, 0.25) is 5.02 Å². The van der Waals surface area contributed by atoms with Crippen LogP contribution in [-0.4, -0.2) is 77.2 Å². The van der Waals surface area contributed by atoms with Crippen LogP contribution in [0, 0.1) is 0 Å². The molecule has 2 aliphatic rings. The molecule has 0 radical (unpaired) electrons. The number of guanidine groups is 1. The summed E-state index contributed by atoms with van der Waals surface area (Å²) in [4.78, 5) is 6.91. The van der Waals surface area contributed by atoms with Crippen LogP contribution in [0.15, 0.2) is 29.3 Å². The van der Waals surface area contributed by atoms with Gasteiger partial charge in [-0.25, -0.2) is 0 Å². The lowest BCUT2D eigenvalue weighted by molar-refractivity contribution is 0.00968. The lowest BCUT2D eigenvalue weighted by Crippen LogP contribution is -2.51. The zero-order valence-corrected chi connectivity index (χ0v) is 19.1. The van der Waals surface area contributed by atoms with Crippen LogP contribution >= 0.6 is 11.6 Å². The third kappa shape index (κ3) is 6.33. The SMILES string of the molecule is CN=C(NCC1(c2cccc(Cl)c2)CCOCC1)N1CCC(OCCCOC)CC1. The van der Waals surface area contributed by atoms with Gasteiger partial charge in [0.1, 0.15) is 0 Å². The van der Waals surface area contributed by atoms with E-state index in [0.717, 1.165) is 89.1 Å². The summed E-state index contributed by atoms with van der Waals surface area (Å²) in [5.41, 5.74) is 1.30. The molecule has 1 aromatic carbocycles. The normalized spacial score (nSPS) is 20.4. The summed E-state index contributed by atoms with van der Waals surface area (Å²) in [6.45, 7) is 5.84. The molecule has 3 rings (SSSR count). The second kappa shape index (κ2) is 11.9. The highest BCUT2D eigenvalue weighted by molar-refractivity contribution is 6.30. The molecule has 2 heterocycles. The standard InChI is InChI=1S/C23H36ClN3O3/c1-25-22(27-11-7-21(8-12-27)30-14-4-13-28-2)26-18-23(9-15-29-16-10-23)19-5-3-6-20(24)17-19/h3,5-6,17,21H,4,7-16,18H2,1-2H3,(H,25,26). The Morgan fingerprint density at radius 2 is 2.03 bits per heavy atom. The monoisotopic (exact) mass is 437 g/mol. The second-order valence-corrected chi connectivity index (χ2v) is 8.64. The summed E-state index contributed by atoms with van der Waals surface area (Å²) in [6, 6.07) is 8.27. The van der Waals surface area contributed by atoms with Crippen molar-refractivity contribution in [2.45, 2.75) is 43.6 Å². The Balaban J connectivity index is 1.55. The lowest BCUT2D eigenvalue weighted by atomic mass is 9.74. The van der Waals surface area contributed by atoms with Crippen LogP contribution in [0.25, 0.3) is 0 Å². The summed E-state index contributed by atoms with van der Waals surface area (Å²) in [5, 5.41) is 4.45. The molecule has 7 heteroatoms. The first-order chi connectivity index (χ1) is 14.7. The number of benzene rings is 1. The van der Waals surface area contributed by atoms with E-state index in [-0.39, 0.29) is 5.41 Å². The van der Waals surface area contributed by atoms with E-state index in [1.54, 1.807) is 7.11 Å². The molecule has 0 spiro atoms. The molecular weight excluding hydrogens is 402 g/mol. The molecule has 0 aliphatic carbocycles. The highest BCUT2D eigenvalue weighted by Crippen LogP contribution is 2.35. The molecule has 2 saturated heterocycles. The van der Waals surface area contributed by atoms with E-state index in [4.69, 9.17) is 25.8 Å². The Hall–Kier alpha value is -1.34. The molecule has 0 aromatic heterocycles. The highest BCUT2D eigenvalue weighted by Gasteiger charge is 2.35. The molecule has 1 N–H and O–H groups in total. The summed E-state index contributed by atoms with van der Waals surface area (Å²) in [6.07, 6.45) is 5.31. The number of rotatable bonds is 8. The van der Waals surface area contributed by atoms with Gasteiger partial charge in [-0.15, -0.1) is 0 Å². The lowest BCUT2D eigenvalue weighted by Gasteiger charge is -2.40. The van der Waals surface area contributed by atoms with Crippen molar-refractivity contribution >= 4 is 17.6 Å². The van der Waals surface area contributed by atoms with Crippen molar-refractivity contribution in [3.05, 3.63) is 34.9 Å². The van der Waals surface area contributed by atoms with Crippen molar-refractivity contribution in [2.24, 2.45) is 4.99 Å². The third-order valence-electron chi connectivity index (χ3n) is 6.27. The van der Waals surface area contributed by atoms with Crippen molar-refractivity contribution in [3.8, 4) is 0 Å². The number of aliphatic imine (C=N–C) groups is 1. The zero-order valence-electron chi connectivity index (χ0n) is 18.4. The molecule has 30 heavy (non-hydrogen) atoms. The Morgan fingerprint density at radius 3 is 2.70 bits per heavy atom. The fourth-order valence-corrected chi connectivity index (χ4v) is 4.61. The minimum Gasteiger partial charge on any atom is -0.385 e. The van der Waals surface area contributed by atoms with E-state index in [1.165, 1.54) is 5.56 Å². The average Bonchev–Trinajstić information content (AvgIpc) is 2.79. The van der Waals surface area contributed by atoms with Gasteiger partial charge < -0.3 is 24.4 Å². The maximum atomic E-state index is 6.30. The number of ether oxygens (including phenoxy) is 3. The molecule has 6 nitrogen and oxygen atoms in total. The van der Waals surface area contributed by atoms with E-state index >= 15 is 0 Å². The largest absolute Gasteiger partial charge is 0.385 e. The quantitative estimate of drug-likeness (QED) is 0.383. The number of hydrogen-bond acceptors (Lipinski definition) is 4. The Bertz CT molecular complexity index is 671. The topological polar surface area (TPSA) is 55.3 Å². The molecule has 2 fully saturated rings. The van der Waals surface area contributed by atoms with Crippen LogP contribution in [0.5, 0.6) is 0 Å². The summed E-state index contributed by atoms with van der Waals surface area (Å²) in [5.74, 6) is 0.973. The number of hydrogen-bond donors (Lipinski definition) is 1. The summed E-state index contributed by atoms with van der Waals surface area (Å²) >= 11 is 6.30. The smallest absolute Gasteiger partial charge is 0.193 e. The molecular formula is C23H36ClN3O3. The number of likely N-dealkylation sites (tertiary alicyclic amines) is 1. The molecule has 0 amide bonds. The van der Waals surface area contributed by atoms with Gasteiger partial charge in [0.05, 0.1) is 6.10 Å². The Kier molecular flexibility index (Phi) is 9.25. The summed E-state index contributed by atoms with van der Waals surface area (Å²) in [7, 11) is 3.60. The van der Waals surface area contributed by atoms with E-state index in [2.05, 4.69) is 27.3 Å². The second-order valence-electron chi connectivity index (χ2n) is 8.21. The Morgan fingerprint density at radius 1 is 1.27 bits per heavy atom. The average molecular weight is 438 g/mol. The molecule has 168 valence electrons. The van der Waals surface area contributed by atoms with Crippen molar-refractivity contribution < 1.29 is 14.2 Å². The number of nitrogens with zero attached hydrogens (tertiary/aromatic N) is 2. The van der Waals surface area contributed by atoms with Crippen LogP contribution in [0.1, 0.15) is 37.7 Å². The van der Waals surface area contributed by atoms with Gasteiger partial charge in [-0.05, 0) is 49.8 Å². The van der Waals surface area contributed by atoms with E-state index in [9.17, 15) is 0 Å². The fourth-order valence-electron chi connectivity index (χ4n) is 4.42. The van der Waals surface area contributed by atoms with Crippen LogP contribution in [0.3, 0.4) is 0 Å². The van der Waals surface area contributed by atoms with Crippen molar-refractivity contribution in [1.82, 2.24) is 10.2 Å². The predicted octanol–water partition coefficient (Wildman–Crippen LogP) is 3.48. The van der Waals surface area contributed by atoms with Gasteiger partial charge in [-0.1, -0.05) is 23.7 Å². The van der Waals surface area contributed by atoms with Crippen LogP contribution in [0.4, 0.5) is 0 Å². The van der Waals surface area contributed by atoms with Crippen molar-refractivity contribution in [3.63, 3.8) is 0 Å². The molecule has 0 atom stereocenters. The first-order valence-corrected chi connectivity index (χ1v) is 11.4. The van der Waals surface area contributed by atoms with Gasteiger partial charge in [0, 0.05) is 70.7 Å². The van der Waals surface area contributed by atoms with Gasteiger partial charge in [0.25, 0.3) is 0 Å². The van der Waals surface area contributed by atoms with Crippen molar-refractivity contribution in [2.75, 3.05) is 60.2 Å². The van der Waals surface area contributed by atoms with Gasteiger partial charge in [0.15, 0.2) is 5.96 Å². The maximum Gasteiger partial charge on any atom is 0.193 e. The molecule has 0 bridgehead atoms. The van der Waals surface area contributed by atoms with Gasteiger partial charge >= 0.3 is 0 Å². The number of halogens is 1. The number of methoxy groups -OCH3 is 1. The third-order valence-corrected chi connectivity index (χ3v) is 6.51. The van der Waals surface area contributed by atoms with Crippen LogP contribution in [-0.2, 0) is 19.6 Å². The van der Waals surface area contributed by atoms with E-state index in [1.807, 2.05) is 19.2 Å².